The Bertz CT molecular complexity index is 1440. The molecule has 2 aromatic carbocycles. The second kappa shape index (κ2) is 11.1. The summed E-state index contributed by atoms with van der Waals surface area (Å²) in [6.07, 6.45) is 2.96. The molecule has 1 saturated heterocycles. The third-order valence-electron chi connectivity index (χ3n) is 7.60. The summed E-state index contributed by atoms with van der Waals surface area (Å²) < 4.78 is 30.3. The lowest BCUT2D eigenvalue weighted by Crippen LogP contribution is -2.35. The molecular weight excluding hydrogens is 522 g/mol. The Hall–Kier alpha value is -2.88. The number of hydrogen-bond acceptors (Lipinski definition) is 8. The lowest BCUT2D eigenvalue weighted by Gasteiger charge is -2.33. The zero-order chi connectivity index (χ0) is 26.9. The van der Waals surface area contributed by atoms with Crippen LogP contribution < -0.4 is 14.5 Å². The number of benzene rings is 2. The number of ether oxygens (including phenoxy) is 1. The molecule has 0 spiro atoms. The van der Waals surface area contributed by atoms with E-state index in [4.69, 9.17) is 26.3 Å². The monoisotopic (exact) mass is 555 g/mol. The summed E-state index contributed by atoms with van der Waals surface area (Å²) in [5, 5.41) is 3.86. The fourth-order valence-corrected chi connectivity index (χ4v) is 6.30. The summed E-state index contributed by atoms with van der Waals surface area (Å²) in [4.78, 5) is 16.1. The van der Waals surface area contributed by atoms with E-state index in [1.54, 1.807) is 0 Å². The molecule has 202 valence electrons. The second-order valence-corrected chi connectivity index (χ2v) is 12.6. The summed E-state index contributed by atoms with van der Waals surface area (Å²) in [6, 6.07) is 12.8. The van der Waals surface area contributed by atoms with Gasteiger partial charge in [-0.1, -0.05) is 42.4 Å². The number of halogens is 1. The first kappa shape index (κ1) is 26.7. The van der Waals surface area contributed by atoms with Crippen LogP contribution in [0, 0.1) is 0 Å². The second-order valence-electron chi connectivity index (χ2n) is 10.1. The van der Waals surface area contributed by atoms with Crippen molar-refractivity contribution in [3.8, 4) is 6.01 Å². The lowest BCUT2D eigenvalue weighted by molar-refractivity contribution is 0.187. The maximum absolute atomic E-state index is 12.1. The third-order valence-corrected chi connectivity index (χ3v) is 9.17. The van der Waals surface area contributed by atoms with Crippen molar-refractivity contribution >= 4 is 43.7 Å². The largest absolute Gasteiger partial charge is 0.462 e. The van der Waals surface area contributed by atoms with Crippen molar-refractivity contribution in [2.24, 2.45) is 0 Å². The molecule has 38 heavy (non-hydrogen) atoms. The van der Waals surface area contributed by atoms with Crippen molar-refractivity contribution < 1.29 is 13.2 Å². The summed E-state index contributed by atoms with van der Waals surface area (Å²) in [6.45, 7) is 6.65. The fourth-order valence-electron chi connectivity index (χ4n) is 5.33. The first-order chi connectivity index (χ1) is 18.3. The Balaban J connectivity index is 1.47. The Kier molecular flexibility index (Phi) is 7.79. The minimum atomic E-state index is -3.33. The highest BCUT2D eigenvalue weighted by Crippen LogP contribution is 2.36. The maximum Gasteiger partial charge on any atom is 0.318 e. The number of likely N-dealkylation sites (N-methyl/N-ethyl adjacent to an activating group) is 1. The predicted octanol–water partition coefficient (Wildman–Crippen LogP) is 4.31. The fraction of sp³-hybridized carbons (Fsp3) is 0.429. The molecule has 0 radical (unpaired) electrons. The van der Waals surface area contributed by atoms with Crippen LogP contribution in [0.1, 0.15) is 24.1 Å². The van der Waals surface area contributed by atoms with Gasteiger partial charge >= 0.3 is 6.01 Å². The van der Waals surface area contributed by atoms with Crippen LogP contribution in [0.2, 0.25) is 5.02 Å². The topological polar surface area (TPSA) is 78.9 Å². The Morgan fingerprint density at radius 2 is 2.00 bits per heavy atom. The van der Waals surface area contributed by atoms with Crippen molar-refractivity contribution in [2.45, 2.75) is 31.8 Å². The summed E-state index contributed by atoms with van der Waals surface area (Å²) in [5.41, 5.74) is 2.98. The van der Waals surface area contributed by atoms with Gasteiger partial charge in [0, 0.05) is 48.2 Å². The number of sulfone groups is 1. The lowest BCUT2D eigenvalue weighted by atomic mass is 10.0. The van der Waals surface area contributed by atoms with Gasteiger partial charge in [0.1, 0.15) is 12.4 Å². The highest BCUT2D eigenvalue weighted by atomic mass is 35.5. The molecule has 1 fully saturated rings. The van der Waals surface area contributed by atoms with Crippen LogP contribution >= 0.6 is 11.6 Å². The van der Waals surface area contributed by atoms with Crippen LogP contribution in [0.3, 0.4) is 0 Å². The van der Waals surface area contributed by atoms with Crippen molar-refractivity contribution in [3.63, 3.8) is 0 Å². The van der Waals surface area contributed by atoms with E-state index in [1.807, 2.05) is 24.1 Å². The summed E-state index contributed by atoms with van der Waals surface area (Å²) in [5.74, 6) is 0.690. The summed E-state index contributed by atoms with van der Waals surface area (Å²) >= 11 is 6.63. The molecule has 0 aliphatic carbocycles. The minimum Gasteiger partial charge on any atom is -0.462 e. The van der Waals surface area contributed by atoms with Crippen molar-refractivity contribution in [1.82, 2.24) is 14.9 Å². The minimum absolute atomic E-state index is 0.0323. The van der Waals surface area contributed by atoms with Gasteiger partial charge in [0.15, 0.2) is 9.84 Å². The molecule has 2 aliphatic rings. The molecule has 1 unspecified atom stereocenters. The van der Waals surface area contributed by atoms with Crippen LogP contribution in [0.5, 0.6) is 6.01 Å². The number of likely N-dealkylation sites (tertiary alicyclic amines) is 1. The number of rotatable bonds is 9. The molecule has 0 amide bonds. The van der Waals surface area contributed by atoms with E-state index in [1.165, 1.54) is 0 Å². The van der Waals surface area contributed by atoms with E-state index >= 15 is 0 Å². The average Bonchev–Trinajstić information content (AvgIpc) is 3.34. The highest BCUT2D eigenvalue weighted by Gasteiger charge is 2.27. The van der Waals surface area contributed by atoms with Crippen LogP contribution in [0.25, 0.3) is 10.8 Å². The molecule has 1 atom stereocenters. The number of anilines is 2. The van der Waals surface area contributed by atoms with Crippen LogP contribution in [0.4, 0.5) is 11.5 Å². The Labute approximate surface area is 229 Å². The molecule has 10 heteroatoms. The standard InChI is InChI=1S/C28H34ClN5O3S/c1-4-38(35,36)17-16-33(3)27-22-13-15-34(25-12-6-9-20-8-5-11-23(29)26(20)25)18-24(22)30-28(31-27)37-19-21-10-7-14-32(21)2/h4-6,8-9,11-12,21H,1,7,10,13-19H2,2-3H3. The van der Waals surface area contributed by atoms with E-state index in [0.717, 1.165) is 76.3 Å². The first-order valence-corrected chi connectivity index (χ1v) is 15.1. The molecule has 0 saturated carbocycles. The van der Waals surface area contributed by atoms with E-state index in [2.05, 4.69) is 47.7 Å². The van der Waals surface area contributed by atoms with Gasteiger partial charge in [-0.15, -0.1) is 0 Å². The van der Waals surface area contributed by atoms with Gasteiger partial charge in [-0.25, -0.2) is 8.42 Å². The maximum atomic E-state index is 12.1. The molecule has 1 aromatic heterocycles. The molecular formula is C28H34ClN5O3S. The SMILES string of the molecule is C=CS(=O)(=O)CCN(C)c1nc(OCC2CCCN2C)nc2c1CCN(c1cccc3cccc(Cl)c13)C2. The van der Waals surface area contributed by atoms with Gasteiger partial charge in [0.05, 0.1) is 23.0 Å². The van der Waals surface area contributed by atoms with Crippen molar-refractivity contribution in [3.05, 3.63) is 64.7 Å². The normalized spacial score (nSPS) is 18.0. The van der Waals surface area contributed by atoms with Crippen LogP contribution in [-0.2, 0) is 22.8 Å². The third kappa shape index (κ3) is 5.60. The Morgan fingerprint density at radius 1 is 1.21 bits per heavy atom. The van der Waals surface area contributed by atoms with E-state index in [0.29, 0.717) is 31.7 Å². The number of nitrogens with zero attached hydrogens (tertiary/aromatic N) is 5. The molecule has 5 rings (SSSR count). The zero-order valence-corrected chi connectivity index (χ0v) is 23.5. The number of fused-ring (bicyclic) bond motifs is 2. The Morgan fingerprint density at radius 3 is 2.74 bits per heavy atom. The first-order valence-electron chi connectivity index (χ1n) is 13.0. The number of aromatic nitrogens is 2. The van der Waals surface area contributed by atoms with Gasteiger partial charge in [0.25, 0.3) is 0 Å². The molecule has 0 N–H and O–H groups in total. The van der Waals surface area contributed by atoms with Gasteiger partial charge < -0.3 is 19.4 Å². The molecule has 2 aliphatic heterocycles. The van der Waals surface area contributed by atoms with E-state index in [-0.39, 0.29) is 5.75 Å². The van der Waals surface area contributed by atoms with Gasteiger partial charge in [-0.2, -0.15) is 9.97 Å². The van der Waals surface area contributed by atoms with Crippen molar-refractivity contribution in [2.75, 3.05) is 55.9 Å². The zero-order valence-electron chi connectivity index (χ0n) is 21.9. The van der Waals surface area contributed by atoms with Crippen LogP contribution in [-0.4, -0.2) is 75.4 Å². The predicted molar refractivity (Wildman–Crippen MR) is 154 cm³/mol. The van der Waals surface area contributed by atoms with Gasteiger partial charge in [-0.05, 0) is 50.4 Å². The quantitative estimate of drug-likeness (QED) is 0.386. The average molecular weight is 556 g/mol. The molecule has 3 aromatic rings. The van der Waals surface area contributed by atoms with Gasteiger partial charge in [-0.3, -0.25) is 0 Å². The number of hydrogen-bond donors (Lipinski definition) is 0. The van der Waals surface area contributed by atoms with Gasteiger partial charge in [0.2, 0.25) is 0 Å². The molecule has 0 bridgehead atoms. The highest BCUT2D eigenvalue weighted by molar-refractivity contribution is 7.94. The molecule has 8 nitrogen and oxygen atoms in total. The molecule has 3 heterocycles. The van der Waals surface area contributed by atoms with Crippen molar-refractivity contribution in [1.29, 1.82) is 0 Å². The van der Waals surface area contributed by atoms with E-state index in [9.17, 15) is 8.42 Å². The van der Waals surface area contributed by atoms with Crippen LogP contribution in [0.15, 0.2) is 48.4 Å². The van der Waals surface area contributed by atoms with E-state index < -0.39 is 9.84 Å². The smallest absolute Gasteiger partial charge is 0.318 e. The summed E-state index contributed by atoms with van der Waals surface area (Å²) in [7, 11) is 0.650.